The molecule has 1 fully saturated rings. The van der Waals surface area contributed by atoms with E-state index < -0.39 is 0 Å². The smallest absolute Gasteiger partial charge is 0.209 e. The van der Waals surface area contributed by atoms with Crippen molar-refractivity contribution in [2.75, 3.05) is 39.4 Å². The van der Waals surface area contributed by atoms with Gasteiger partial charge in [0.25, 0.3) is 0 Å². The lowest BCUT2D eigenvalue weighted by Gasteiger charge is -2.25. The van der Waals surface area contributed by atoms with Crippen LogP contribution in [0.5, 0.6) is 0 Å². The van der Waals surface area contributed by atoms with Crippen molar-refractivity contribution in [3.05, 3.63) is 4.47 Å². The van der Waals surface area contributed by atoms with Gasteiger partial charge in [0.05, 0.1) is 12.6 Å². The van der Waals surface area contributed by atoms with Gasteiger partial charge >= 0.3 is 0 Å². The van der Waals surface area contributed by atoms with E-state index in [2.05, 4.69) is 15.1 Å². The maximum atomic E-state index is 5.83. The molecule has 0 spiro atoms. The zero-order valence-electron chi connectivity index (χ0n) is 10.5. The minimum absolute atomic E-state index is 0.0159. The fourth-order valence-corrected chi connectivity index (χ4v) is 3.15. The predicted octanol–water partition coefficient (Wildman–Crippen LogP) is 1.06. The maximum Gasteiger partial charge on any atom is 0.209 e. The van der Waals surface area contributed by atoms with Gasteiger partial charge in [0.2, 0.25) is 9.60 Å². The van der Waals surface area contributed by atoms with Crippen LogP contribution in [0, 0.1) is 0 Å². The molecule has 0 aliphatic carbocycles. The molecule has 0 N–H and O–H groups in total. The first kappa shape index (κ1) is 14.0. The Morgan fingerprint density at radius 1 is 1.33 bits per heavy atom. The van der Waals surface area contributed by atoms with Gasteiger partial charge < -0.3 is 19.1 Å². The number of rotatable bonds is 5. The predicted molar refractivity (Wildman–Crippen MR) is 69.5 cm³/mol. The van der Waals surface area contributed by atoms with Crippen LogP contribution in [0.3, 0.4) is 0 Å². The molecule has 8 heteroatoms. The molecule has 1 saturated heterocycles. The molecular weight excluding hydrogens is 278 g/mol. The molecule has 0 amide bonds. The summed E-state index contributed by atoms with van der Waals surface area (Å²) in [6.07, 6.45) is -0.0737. The second-order valence-corrected chi connectivity index (χ2v) is 5.53. The van der Waals surface area contributed by atoms with Crippen LogP contribution in [-0.2, 0) is 14.2 Å². The molecule has 1 aromatic heterocycles. The summed E-state index contributed by atoms with van der Waals surface area (Å²) < 4.78 is 16.6. The number of nitrogens with zero attached hydrogens (tertiary/aromatic N) is 3. The Balaban J connectivity index is 2.22. The number of hydrogen-bond donors (Lipinski definition) is 0. The van der Waals surface area contributed by atoms with Crippen molar-refractivity contribution in [1.82, 2.24) is 10.2 Å². The summed E-state index contributed by atoms with van der Waals surface area (Å²) in [6, 6.07) is 0.0500. The summed E-state index contributed by atoms with van der Waals surface area (Å²) in [5, 5.41) is 8.66. The zero-order chi connectivity index (χ0) is 13.1. The highest BCUT2D eigenvalue weighted by atomic mass is 35.5. The number of anilines is 1. The standard InChI is InChI=1S/C10H16ClN3O3S/c1-15-5-6-8(17-3)7(16-2)4-14(6)10-13-12-9(11)18-10/h6-8H,4-5H2,1-3H3/t6-,7+,8-/m1/s1. The van der Waals surface area contributed by atoms with Crippen LogP contribution in [0.1, 0.15) is 0 Å². The zero-order valence-corrected chi connectivity index (χ0v) is 12.1. The summed E-state index contributed by atoms with van der Waals surface area (Å²) in [4.78, 5) is 2.08. The Morgan fingerprint density at radius 2 is 2.11 bits per heavy atom. The van der Waals surface area contributed by atoms with Crippen molar-refractivity contribution in [2.24, 2.45) is 0 Å². The van der Waals surface area contributed by atoms with Crippen molar-refractivity contribution in [1.29, 1.82) is 0 Å². The number of aromatic nitrogens is 2. The van der Waals surface area contributed by atoms with E-state index in [1.807, 2.05) is 0 Å². The molecule has 0 radical (unpaired) electrons. The van der Waals surface area contributed by atoms with Gasteiger partial charge in [0.15, 0.2) is 0 Å². The minimum atomic E-state index is -0.0578. The summed E-state index contributed by atoms with van der Waals surface area (Å²) in [5.41, 5.74) is 0. The summed E-state index contributed by atoms with van der Waals surface area (Å²) in [6.45, 7) is 1.23. The molecule has 2 rings (SSSR count). The minimum Gasteiger partial charge on any atom is -0.382 e. The molecule has 0 saturated carbocycles. The maximum absolute atomic E-state index is 5.83. The van der Waals surface area contributed by atoms with Gasteiger partial charge in [-0.25, -0.2) is 0 Å². The Morgan fingerprint density at radius 3 is 2.61 bits per heavy atom. The molecule has 0 aromatic carbocycles. The number of hydrogen-bond acceptors (Lipinski definition) is 7. The second-order valence-electron chi connectivity index (χ2n) is 3.99. The van der Waals surface area contributed by atoms with Crippen molar-refractivity contribution in [3.8, 4) is 0 Å². The van der Waals surface area contributed by atoms with Crippen LogP contribution >= 0.6 is 22.9 Å². The van der Waals surface area contributed by atoms with Gasteiger partial charge in [-0.15, -0.1) is 10.2 Å². The van der Waals surface area contributed by atoms with Gasteiger partial charge in [-0.05, 0) is 11.6 Å². The van der Waals surface area contributed by atoms with Crippen molar-refractivity contribution < 1.29 is 14.2 Å². The molecule has 2 heterocycles. The topological polar surface area (TPSA) is 56.7 Å². The van der Waals surface area contributed by atoms with Crippen LogP contribution in [0.25, 0.3) is 0 Å². The van der Waals surface area contributed by atoms with Gasteiger partial charge in [0.1, 0.15) is 12.2 Å². The third-order valence-corrected chi connectivity index (χ3v) is 4.13. The Bertz CT molecular complexity index is 392. The Kier molecular flexibility index (Phi) is 4.74. The summed E-state index contributed by atoms with van der Waals surface area (Å²) in [7, 11) is 5.02. The lowest BCUT2D eigenvalue weighted by molar-refractivity contribution is -0.0267. The molecule has 0 bridgehead atoms. The van der Waals surface area contributed by atoms with E-state index in [0.717, 1.165) is 5.13 Å². The van der Waals surface area contributed by atoms with Crippen molar-refractivity contribution in [3.63, 3.8) is 0 Å². The molecule has 3 atom stereocenters. The lowest BCUT2D eigenvalue weighted by atomic mass is 10.1. The fourth-order valence-electron chi connectivity index (χ4n) is 2.27. The normalized spacial score (nSPS) is 28.0. The number of ether oxygens (including phenoxy) is 3. The van der Waals surface area contributed by atoms with Gasteiger partial charge in [-0.2, -0.15) is 0 Å². The quantitative estimate of drug-likeness (QED) is 0.809. The average molecular weight is 294 g/mol. The molecule has 18 heavy (non-hydrogen) atoms. The third-order valence-electron chi connectivity index (χ3n) is 3.07. The lowest BCUT2D eigenvalue weighted by Crippen LogP contribution is -2.41. The second kappa shape index (κ2) is 6.12. The molecule has 102 valence electrons. The third kappa shape index (κ3) is 2.60. The van der Waals surface area contributed by atoms with E-state index in [1.165, 1.54) is 11.3 Å². The highest BCUT2D eigenvalue weighted by Gasteiger charge is 2.43. The molecule has 1 aliphatic heterocycles. The van der Waals surface area contributed by atoms with E-state index in [9.17, 15) is 0 Å². The molecule has 1 aromatic rings. The summed E-state index contributed by atoms with van der Waals surface area (Å²) in [5.74, 6) is 0. The van der Waals surface area contributed by atoms with Crippen LogP contribution in [0.4, 0.5) is 5.13 Å². The van der Waals surface area contributed by atoms with Gasteiger partial charge in [-0.1, -0.05) is 11.3 Å². The van der Waals surface area contributed by atoms with Gasteiger partial charge in [0, 0.05) is 27.9 Å². The monoisotopic (exact) mass is 293 g/mol. The van der Waals surface area contributed by atoms with Gasteiger partial charge in [-0.3, -0.25) is 0 Å². The van der Waals surface area contributed by atoms with E-state index in [0.29, 0.717) is 17.6 Å². The SMILES string of the molecule is COC[C@@H]1[C@@H](OC)[C@@H](OC)CN1c1nnc(Cl)s1. The van der Waals surface area contributed by atoms with Crippen molar-refractivity contribution >= 4 is 28.1 Å². The van der Waals surface area contributed by atoms with Crippen molar-refractivity contribution in [2.45, 2.75) is 18.2 Å². The first-order valence-electron chi connectivity index (χ1n) is 5.51. The molecule has 1 aliphatic rings. The van der Waals surface area contributed by atoms with E-state index >= 15 is 0 Å². The van der Waals surface area contributed by atoms with E-state index in [-0.39, 0.29) is 18.2 Å². The number of methoxy groups -OCH3 is 3. The fraction of sp³-hybridized carbons (Fsp3) is 0.800. The highest BCUT2D eigenvalue weighted by molar-refractivity contribution is 7.19. The Hall–Kier alpha value is -0.470. The van der Waals surface area contributed by atoms with Crippen LogP contribution < -0.4 is 4.90 Å². The Labute approximate surface area is 115 Å². The number of halogens is 1. The first-order chi connectivity index (χ1) is 8.71. The molecular formula is C10H16ClN3O3S. The van der Waals surface area contributed by atoms with Crippen LogP contribution in [0.15, 0.2) is 0 Å². The molecule has 6 nitrogen and oxygen atoms in total. The van der Waals surface area contributed by atoms with E-state index in [4.69, 9.17) is 25.8 Å². The first-order valence-corrected chi connectivity index (χ1v) is 6.70. The highest BCUT2D eigenvalue weighted by Crippen LogP contribution is 2.32. The van der Waals surface area contributed by atoms with Crippen LogP contribution in [0.2, 0.25) is 4.47 Å². The largest absolute Gasteiger partial charge is 0.382 e. The van der Waals surface area contributed by atoms with Crippen LogP contribution in [-0.4, -0.2) is 62.9 Å². The average Bonchev–Trinajstić information content (AvgIpc) is 2.93. The summed E-state index contributed by atoms with van der Waals surface area (Å²) >= 11 is 7.17. The molecule has 0 unspecified atom stereocenters. The van der Waals surface area contributed by atoms with E-state index in [1.54, 1.807) is 21.3 Å².